The molecule has 2 aromatic rings. The normalized spacial score (nSPS) is 12.0. The molecular weight excluding hydrogens is 328 g/mol. The summed E-state index contributed by atoms with van der Waals surface area (Å²) in [6.07, 6.45) is 0.791. The molecule has 0 spiro atoms. The van der Waals surface area contributed by atoms with Crippen molar-refractivity contribution in [3.8, 4) is 5.75 Å². The highest BCUT2D eigenvalue weighted by Crippen LogP contribution is 2.27. The maximum Gasteiger partial charge on any atom is 0.268 e. The van der Waals surface area contributed by atoms with Gasteiger partial charge in [-0.1, -0.05) is 46.6 Å². The second-order valence-corrected chi connectivity index (χ2v) is 5.66. The van der Waals surface area contributed by atoms with E-state index in [4.69, 9.17) is 21.2 Å². The highest BCUT2D eigenvalue weighted by atomic mass is 35.5. The molecule has 2 rings (SSSR count). The van der Waals surface area contributed by atoms with Crippen molar-refractivity contribution in [3.05, 3.63) is 58.6 Å². The average molecular weight is 347 g/mol. The van der Waals surface area contributed by atoms with E-state index in [2.05, 4.69) is 10.5 Å². The van der Waals surface area contributed by atoms with Crippen LogP contribution in [0, 0.1) is 6.92 Å². The van der Waals surface area contributed by atoms with Gasteiger partial charge < -0.3 is 14.9 Å². The van der Waals surface area contributed by atoms with Gasteiger partial charge in [-0.2, -0.15) is 0 Å². The molecule has 1 amide bonds. The average Bonchev–Trinajstić information content (AvgIpc) is 2.56. The summed E-state index contributed by atoms with van der Waals surface area (Å²) >= 11 is 5.94. The summed E-state index contributed by atoms with van der Waals surface area (Å²) in [4.78, 5) is 17.4. The molecule has 1 N–H and O–H groups in total. The van der Waals surface area contributed by atoms with Crippen LogP contribution in [0.3, 0.4) is 0 Å². The lowest BCUT2D eigenvalue weighted by atomic mass is 10.2. The summed E-state index contributed by atoms with van der Waals surface area (Å²) in [7, 11) is 1.52. The smallest absolute Gasteiger partial charge is 0.268 e. The fourth-order valence-electron chi connectivity index (χ4n) is 1.90. The zero-order valence-electron chi connectivity index (χ0n) is 13.7. The number of methoxy groups -OCH3 is 1. The Morgan fingerprint density at radius 1 is 1.25 bits per heavy atom. The molecule has 2 aromatic carbocycles. The lowest BCUT2D eigenvalue weighted by Crippen LogP contribution is -2.26. The van der Waals surface area contributed by atoms with Gasteiger partial charge in [0, 0.05) is 5.02 Å². The van der Waals surface area contributed by atoms with Crippen LogP contribution < -0.4 is 10.1 Å². The van der Waals surface area contributed by atoms with Gasteiger partial charge in [-0.25, -0.2) is 0 Å². The van der Waals surface area contributed by atoms with E-state index < -0.39 is 6.10 Å². The van der Waals surface area contributed by atoms with Gasteiger partial charge in [0.1, 0.15) is 5.75 Å². The molecular formula is C18H19ClN2O3. The van der Waals surface area contributed by atoms with Crippen LogP contribution in [0.25, 0.3) is 0 Å². The minimum Gasteiger partial charge on any atom is -0.495 e. The maximum absolute atomic E-state index is 12.2. The Hall–Kier alpha value is -2.53. The molecule has 0 aliphatic heterocycles. The molecule has 0 saturated carbocycles. The van der Waals surface area contributed by atoms with Crippen molar-refractivity contribution in [2.24, 2.45) is 5.16 Å². The van der Waals surface area contributed by atoms with E-state index in [0.717, 1.165) is 11.1 Å². The Morgan fingerprint density at radius 3 is 2.62 bits per heavy atom. The van der Waals surface area contributed by atoms with Gasteiger partial charge in [0.25, 0.3) is 5.91 Å². The number of ether oxygens (including phenoxy) is 1. The van der Waals surface area contributed by atoms with Gasteiger partial charge in [-0.05, 0) is 37.6 Å². The first-order valence-corrected chi connectivity index (χ1v) is 7.77. The first-order valence-electron chi connectivity index (χ1n) is 7.40. The highest BCUT2D eigenvalue weighted by Gasteiger charge is 2.16. The first kappa shape index (κ1) is 17.8. The predicted octanol–water partition coefficient (Wildman–Crippen LogP) is 4.03. The summed E-state index contributed by atoms with van der Waals surface area (Å²) in [6.45, 7) is 3.62. The number of carbonyl (C=O) groups is 1. The third-order valence-electron chi connectivity index (χ3n) is 3.29. The Bertz CT molecular complexity index is 730. The monoisotopic (exact) mass is 346 g/mol. The number of oxime groups is 1. The lowest BCUT2D eigenvalue weighted by Gasteiger charge is -2.13. The van der Waals surface area contributed by atoms with Crippen molar-refractivity contribution >= 4 is 29.4 Å². The second-order valence-electron chi connectivity index (χ2n) is 5.23. The van der Waals surface area contributed by atoms with Crippen LogP contribution in [0.1, 0.15) is 18.1 Å². The molecule has 0 bridgehead atoms. The number of benzene rings is 2. The van der Waals surface area contributed by atoms with Crippen molar-refractivity contribution in [3.63, 3.8) is 0 Å². The highest BCUT2D eigenvalue weighted by molar-refractivity contribution is 6.31. The number of amides is 1. The lowest BCUT2D eigenvalue weighted by molar-refractivity contribution is -0.126. The third-order valence-corrected chi connectivity index (χ3v) is 3.52. The number of carbonyl (C=O) groups excluding carboxylic acids is 1. The maximum atomic E-state index is 12.2. The number of nitrogens with one attached hydrogen (secondary N) is 1. The summed E-state index contributed by atoms with van der Waals surface area (Å²) in [5.41, 5.74) is 2.54. The van der Waals surface area contributed by atoms with Crippen molar-refractivity contribution in [1.82, 2.24) is 0 Å². The van der Waals surface area contributed by atoms with Crippen molar-refractivity contribution in [2.75, 3.05) is 12.4 Å². The number of aryl methyl sites for hydroxylation is 1. The summed E-state index contributed by atoms with van der Waals surface area (Å²) in [5.74, 6) is 0.166. The van der Waals surface area contributed by atoms with Crippen LogP contribution in [0.15, 0.2) is 47.6 Å². The number of anilines is 1. The number of hydrogen-bond acceptors (Lipinski definition) is 4. The molecule has 0 heterocycles. The van der Waals surface area contributed by atoms with E-state index in [9.17, 15) is 4.79 Å². The molecule has 0 aliphatic carbocycles. The molecule has 126 valence electrons. The quantitative estimate of drug-likeness (QED) is 0.634. The minimum absolute atomic E-state index is 0.350. The number of halogens is 1. The van der Waals surface area contributed by atoms with Crippen LogP contribution in [-0.4, -0.2) is 25.3 Å². The van der Waals surface area contributed by atoms with Crippen LogP contribution in [0.5, 0.6) is 5.75 Å². The summed E-state index contributed by atoms with van der Waals surface area (Å²) < 4.78 is 5.19. The largest absolute Gasteiger partial charge is 0.495 e. The Labute approximate surface area is 146 Å². The van der Waals surface area contributed by atoms with Crippen LogP contribution in [-0.2, 0) is 9.63 Å². The Morgan fingerprint density at radius 2 is 1.96 bits per heavy atom. The second kappa shape index (κ2) is 8.36. The summed E-state index contributed by atoms with van der Waals surface area (Å²) in [5, 5.41) is 7.06. The molecule has 0 unspecified atom stereocenters. The standard InChI is InChI=1S/C18H19ClN2O3/c1-12-4-6-14(7-5-12)11-20-24-13(2)18(22)21-16-10-15(19)8-9-17(16)23-3/h4-11,13H,1-3H3,(H,21,22)/b20-11-/t13-/m1/s1. The molecule has 0 radical (unpaired) electrons. The molecule has 6 heteroatoms. The number of rotatable bonds is 6. The SMILES string of the molecule is COc1ccc(Cl)cc1NC(=O)[C@@H](C)O/N=C\c1ccc(C)cc1. The Balaban J connectivity index is 1.95. The van der Waals surface area contributed by atoms with Crippen molar-refractivity contribution in [1.29, 1.82) is 0 Å². The van der Waals surface area contributed by atoms with Gasteiger partial charge in [0.05, 0.1) is 19.0 Å². The van der Waals surface area contributed by atoms with E-state index in [1.54, 1.807) is 31.3 Å². The van der Waals surface area contributed by atoms with E-state index in [-0.39, 0.29) is 5.91 Å². The zero-order valence-corrected chi connectivity index (χ0v) is 14.5. The van der Waals surface area contributed by atoms with Crippen LogP contribution in [0.2, 0.25) is 5.02 Å². The molecule has 1 atom stereocenters. The summed E-state index contributed by atoms with van der Waals surface area (Å²) in [6, 6.07) is 12.8. The molecule has 0 aromatic heterocycles. The van der Waals surface area contributed by atoms with Gasteiger partial charge in [0.15, 0.2) is 0 Å². The van der Waals surface area contributed by atoms with E-state index in [1.807, 2.05) is 31.2 Å². The van der Waals surface area contributed by atoms with Crippen LogP contribution >= 0.6 is 11.6 Å². The minimum atomic E-state index is -0.768. The molecule has 5 nitrogen and oxygen atoms in total. The van der Waals surface area contributed by atoms with E-state index >= 15 is 0 Å². The predicted molar refractivity (Wildman–Crippen MR) is 96.0 cm³/mol. The van der Waals surface area contributed by atoms with E-state index in [1.165, 1.54) is 7.11 Å². The topological polar surface area (TPSA) is 59.9 Å². The van der Waals surface area contributed by atoms with Gasteiger partial charge >= 0.3 is 0 Å². The number of hydrogen-bond donors (Lipinski definition) is 1. The Kier molecular flexibility index (Phi) is 6.21. The van der Waals surface area contributed by atoms with Gasteiger partial charge in [-0.3, -0.25) is 4.79 Å². The van der Waals surface area contributed by atoms with Gasteiger partial charge in [-0.15, -0.1) is 0 Å². The third kappa shape index (κ3) is 4.99. The molecule has 0 fully saturated rings. The number of nitrogens with zero attached hydrogens (tertiary/aromatic N) is 1. The fraction of sp³-hybridized carbons (Fsp3) is 0.222. The zero-order chi connectivity index (χ0) is 17.5. The fourth-order valence-corrected chi connectivity index (χ4v) is 2.07. The molecule has 24 heavy (non-hydrogen) atoms. The van der Waals surface area contributed by atoms with Crippen LogP contribution in [0.4, 0.5) is 5.69 Å². The van der Waals surface area contributed by atoms with Crippen molar-refractivity contribution in [2.45, 2.75) is 20.0 Å². The molecule has 0 aliphatic rings. The first-order chi connectivity index (χ1) is 11.5. The van der Waals surface area contributed by atoms with Crippen molar-refractivity contribution < 1.29 is 14.4 Å². The molecule has 0 saturated heterocycles. The van der Waals surface area contributed by atoms with E-state index in [0.29, 0.717) is 16.5 Å². The van der Waals surface area contributed by atoms with Gasteiger partial charge in [0.2, 0.25) is 6.10 Å².